The molecule has 0 spiro atoms. The molecule has 0 fully saturated rings. The van der Waals surface area contributed by atoms with E-state index < -0.39 is 0 Å². The monoisotopic (exact) mass is 378 g/mol. The van der Waals surface area contributed by atoms with Crippen LogP contribution >= 0.6 is 0 Å². The Labute approximate surface area is 168 Å². The first-order valence-electron chi connectivity index (χ1n) is 10.7. The number of amidine groups is 1. The average molecular weight is 379 g/mol. The van der Waals surface area contributed by atoms with Crippen LogP contribution in [0.2, 0.25) is 0 Å². The Bertz CT molecular complexity index is 498. The smallest absolute Gasteiger partial charge is 0.244 e. The second-order valence-electron chi connectivity index (χ2n) is 7.62. The van der Waals surface area contributed by atoms with Crippen LogP contribution in [0, 0.1) is 0 Å². The fourth-order valence-electron chi connectivity index (χ4n) is 3.83. The predicted octanol–water partition coefficient (Wildman–Crippen LogP) is 2.86. The number of benzene rings is 1. The number of halogens is 1. The second kappa shape index (κ2) is 14.1. The molecule has 1 heterocycles. The van der Waals surface area contributed by atoms with E-state index >= 15 is 0 Å². The van der Waals surface area contributed by atoms with Gasteiger partial charge >= 0.3 is 0 Å². The van der Waals surface area contributed by atoms with Gasteiger partial charge in [-0.05, 0) is 18.4 Å². The van der Waals surface area contributed by atoms with Crippen LogP contribution in [0.15, 0.2) is 30.3 Å². The van der Waals surface area contributed by atoms with E-state index in [9.17, 15) is 0 Å². The van der Waals surface area contributed by atoms with Crippen molar-refractivity contribution in [3.8, 4) is 0 Å². The number of unbranched alkanes of at least 4 members (excludes halogenated alkanes) is 9. The molecule has 0 bridgehead atoms. The fourth-order valence-corrected chi connectivity index (χ4v) is 3.83. The molecule has 148 valence electrons. The van der Waals surface area contributed by atoms with Crippen molar-refractivity contribution < 1.29 is 17.0 Å². The minimum Gasteiger partial charge on any atom is -1.00 e. The van der Waals surface area contributed by atoms with Gasteiger partial charge in [0.15, 0.2) is 0 Å². The summed E-state index contributed by atoms with van der Waals surface area (Å²) in [6.45, 7) is 9.27. The maximum atomic E-state index is 2.59. The molecule has 0 amide bonds. The van der Waals surface area contributed by atoms with E-state index in [1.165, 1.54) is 95.2 Å². The van der Waals surface area contributed by atoms with Crippen LogP contribution < -0.4 is 12.4 Å². The first kappa shape index (κ1) is 23.0. The summed E-state index contributed by atoms with van der Waals surface area (Å²) in [6.07, 6.45) is 14.2. The molecule has 1 aliphatic heterocycles. The van der Waals surface area contributed by atoms with Gasteiger partial charge in [0.05, 0.1) is 6.54 Å². The minimum atomic E-state index is 0. The average Bonchev–Trinajstić information content (AvgIpc) is 2.97. The molecule has 1 aromatic rings. The van der Waals surface area contributed by atoms with Crippen molar-refractivity contribution in [3.05, 3.63) is 35.9 Å². The maximum absolute atomic E-state index is 2.59. The van der Waals surface area contributed by atoms with E-state index in [2.05, 4.69) is 53.7 Å². The Kier molecular flexibility index (Phi) is 12.5. The van der Waals surface area contributed by atoms with Gasteiger partial charge in [0.25, 0.3) is 0 Å². The molecule has 0 aliphatic carbocycles. The summed E-state index contributed by atoms with van der Waals surface area (Å²) in [5.41, 5.74) is 1.42. The summed E-state index contributed by atoms with van der Waals surface area (Å²) in [5, 5.41) is 0. The molecule has 1 aliphatic rings. The van der Waals surface area contributed by atoms with E-state index in [4.69, 9.17) is 0 Å². The van der Waals surface area contributed by atoms with Gasteiger partial charge in [0.1, 0.15) is 19.6 Å². The summed E-state index contributed by atoms with van der Waals surface area (Å²) in [7, 11) is 0. The summed E-state index contributed by atoms with van der Waals surface area (Å²) < 4.78 is 2.53. The first-order chi connectivity index (χ1) is 12.3. The summed E-state index contributed by atoms with van der Waals surface area (Å²) in [6, 6.07) is 10.8. The highest BCUT2D eigenvalue weighted by Crippen LogP contribution is 2.12. The molecule has 0 aromatic heterocycles. The molecule has 1 aromatic carbocycles. The molecule has 3 heteroatoms. The zero-order valence-corrected chi connectivity index (χ0v) is 17.8. The lowest BCUT2D eigenvalue weighted by Crippen LogP contribution is -3.00. The van der Waals surface area contributed by atoms with Crippen molar-refractivity contribution in [2.45, 2.75) is 84.6 Å². The molecule has 0 saturated carbocycles. The van der Waals surface area contributed by atoms with Crippen molar-refractivity contribution in [1.29, 1.82) is 0 Å². The summed E-state index contributed by atoms with van der Waals surface area (Å²) >= 11 is 0. The molecule has 0 radical (unpaired) electrons. The van der Waals surface area contributed by atoms with Crippen LogP contribution in [-0.2, 0) is 6.54 Å². The topological polar surface area (TPSA) is 6.25 Å². The van der Waals surface area contributed by atoms with Crippen LogP contribution in [0.1, 0.15) is 83.6 Å². The third-order valence-corrected chi connectivity index (χ3v) is 5.55. The quantitative estimate of drug-likeness (QED) is 0.378. The van der Waals surface area contributed by atoms with E-state index in [-0.39, 0.29) is 12.4 Å². The summed E-state index contributed by atoms with van der Waals surface area (Å²) in [5.74, 6) is 1.47. The molecular weight excluding hydrogens is 340 g/mol. The molecule has 0 atom stereocenters. The normalized spacial score (nSPS) is 14.0. The number of nitrogens with zero attached hydrogens (tertiary/aromatic N) is 2. The number of hydrogen-bond acceptors (Lipinski definition) is 1. The molecule has 0 unspecified atom stereocenters. The number of rotatable bonds is 13. The predicted molar refractivity (Wildman–Crippen MR) is 109 cm³/mol. The maximum Gasteiger partial charge on any atom is 0.244 e. The van der Waals surface area contributed by atoms with Crippen molar-refractivity contribution in [2.75, 3.05) is 19.6 Å². The molecular formula is C23H39ClN2. The van der Waals surface area contributed by atoms with Gasteiger partial charge < -0.3 is 12.4 Å². The number of hydrogen-bond donors (Lipinski definition) is 0. The van der Waals surface area contributed by atoms with E-state index in [1.807, 2.05) is 0 Å². The first-order valence-corrected chi connectivity index (χ1v) is 10.7. The van der Waals surface area contributed by atoms with Crippen molar-refractivity contribution in [1.82, 2.24) is 4.90 Å². The lowest BCUT2D eigenvalue weighted by atomic mass is 10.1. The van der Waals surface area contributed by atoms with Crippen LogP contribution in [0.3, 0.4) is 0 Å². The summed E-state index contributed by atoms with van der Waals surface area (Å²) in [4.78, 5) is 2.59. The van der Waals surface area contributed by atoms with E-state index in [0.29, 0.717) is 0 Å². The molecule has 2 rings (SSSR count). The van der Waals surface area contributed by atoms with Gasteiger partial charge in [-0.3, -0.25) is 9.48 Å². The largest absolute Gasteiger partial charge is 1.00 e. The second-order valence-corrected chi connectivity index (χ2v) is 7.62. The van der Waals surface area contributed by atoms with Gasteiger partial charge in [0.2, 0.25) is 5.84 Å². The third-order valence-electron chi connectivity index (χ3n) is 5.55. The van der Waals surface area contributed by atoms with Crippen molar-refractivity contribution in [2.24, 2.45) is 0 Å². The minimum absolute atomic E-state index is 0. The van der Waals surface area contributed by atoms with Gasteiger partial charge in [-0.25, -0.2) is 0 Å². The zero-order chi connectivity index (χ0) is 17.7. The third kappa shape index (κ3) is 8.58. The van der Waals surface area contributed by atoms with Crippen LogP contribution in [-0.4, -0.2) is 34.9 Å². The van der Waals surface area contributed by atoms with E-state index in [0.717, 1.165) is 6.54 Å². The van der Waals surface area contributed by atoms with Gasteiger partial charge in [0, 0.05) is 6.92 Å². The van der Waals surface area contributed by atoms with Gasteiger partial charge in [-0.2, -0.15) is 0 Å². The van der Waals surface area contributed by atoms with Crippen LogP contribution in [0.4, 0.5) is 0 Å². The Morgan fingerprint density at radius 1 is 0.846 bits per heavy atom. The Morgan fingerprint density at radius 3 is 2.04 bits per heavy atom. The standard InChI is InChI=1S/C23H39N2.ClH/c1-3-4-5-6-7-8-9-10-11-15-18-24-19-20-25(22(24)2)21-23-16-13-12-14-17-23;/h12-14,16-17H,3-11,15,18-21H2,1-2H3;1H/q+1;/p-1. The van der Waals surface area contributed by atoms with Crippen molar-refractivity contribution >= 4 is 5.84 Å². The SMILES string of the molecule is CCCCCCCCCCCCN1CC[N+](Cc2ccccc2)=C1C.[Cl-]. The lowest BCUT2D eigenvalue weighted by Gasteiger charge is -2.10. The lowest BCUT2D eigenvalue weighted by molar-refractivity contribution is -0.534. The Hall–Kier alpha value is -1.02. The fraction of sp³-hybridized carbons (Fsp3) is 0.696. The highest BCUT2D eigenvalue weighted by molar-refractivity contribution is 5.75. The molecule has 26 heavy (non-hydrogen) atoms. The zero-order valence-electron chi connectivity index (χ0n) is 17.1. The Morgan fingerprint density at radius 2 is 1.42 bits per heavy atom. The van der Waals surface area contributed by atoms with Crippen molar-refractivity contribution in [3.63, 3.8) is 0 Å². The molecule has 2 nitrogen and oxygen atoms in total. The molecule has 0 N–H and O–H groups in total. The van der Waals surface area contributed by atoms with E-state index in [1.54, 1.807) is 0 Å². The van der Waals surface area contributed by atoms with Gasteiger partial charge in [-0.15, -0.1) is 0 Å². The highest BCUT2D eigenvalue weighted by atomic mass is 35.5. The van der Waals surface area contributed by atoms with Crippen LogP contribution in [0.25, 0.3) is 0 Å². The van der Waals surface area contributed by atoms with Gasteiger partial charge in [-0.1, -0.05) is 88.6 Å². The molecule has 0 saturated heterocycles. The van der Waals surface area contributed by atoms with Crippen LogP contribution in [0.5, 0.6) is 0 Å². The Balaban J connectivity index is 0.00000338. The highest BCUT2D eigenvalue weighted by Gasteiger charge is 2.25.